The van der Waals surface area contributed by atoms with Gasteiger partial charge < -0.3 is 83.9 Å². The average molecular weight is 769 g/mol. The zero-order chi connectivity index (χ0) is 39.3. The molecular weight excluding hydrogens is 720 g/mol. The van der Waals surface area contributed by atoms with Crippen LogP contribution in [0.3, 0.4) is 0 Å². The molecule has 0 bridgehead atoms. The van der Waals surface area contributed by atoms with Crippen LogP contribution in [-0.2, 0) is 44.4 Å². The van der Waals surface area contributed by atoms with Crippen molar-refractivity contribution in [2.45, 2.75) is 94.1 Å². The van der Waals surface area contributed by atoms with Gasteiger partial charge in [0.25, 0.3) is 0 Å². The van der Waals surface area contributed by atoms with Crippen LogP contribution in [0.25, 0.3) is 6.08 Å². The standard InChI is InChI=1S/C36H48O18/c1-17-26(42)28(44)29(45)33(51-17)53-30-27(43)24(14-49-25(41)9-6-18-5-8-21(39)23(13-18)47-3)52-34(48-11-10-19-4-7-20(38)22(40)12-19)31(30)54-35-32(46)36(2,15-37)16-50-35/h4-9,12-13,17,24,26-35,37-40,42-46H,10-11,14-16H2,1-3H3/b9-6+/t17-,24+,26-,27+,28+,29+,30-,31+,32+,33-,34+,35-,36-/m0/s1. The number of methoxy groups -OCH3 is 1. The molecule has 3 aliphatic heterocycles. The number of phenolic OH excluding ortho intramolecular Hbond substituents is 3. The van der Waals surface area contributed by atoms with Crippen molar-refractivity contribution in [3.63, 3.8) is 0 Å². The minimum atomic E-state index is -1.81. The summed E-state index contributed by atoms with van der Waals surface area (Å²) in [5, 5.41) is 93.7. The molecule has 0 aliphatic carbocycles. The Bertz CT molecular complexity index is 1590. The molecule has 300 valence electrons. The van der Waals surface area contributed by atoms with Crippen LogP contribution in [0.1, 0.15) is 25.0 Å². The lowest BCUT2D eigenvalue weighted by Gasteiger charge is -2.47. The number of aliphatic hydroxyl groups excluding tert-OH is 6. The van der Waals surface area contributed by atoms with Crippen molar-refractivity contribution >= 4 is 12.0 Å². The van der Waals surface area contributed by atoms with Gasteiger partial charge in [-0.3, -0.25) is 0 Å². The molecule has 18 heteroatoms. The third-order valence-electron chi connectivity index (χ3n) is 9.64. The highest BCUT2D eigenvalue weighted by Crippen LogP contribution is 2.38. The van der Waals surface area contributed by atoms with E-state index >= 15 is 0 Å². The fourth-order valence-corrected chi connectivity index (χ4v) is 6.12. The van der Waals surface area contributed by atoms with Gasteiger partial charge in [0, 0.05) is 11.5 Å². The summed E-state index contributed by atoms with van der Waals surface area (Å²) in [6, 6.07) is 8.58. The van der Waals surface area contributed by atoms with E-state index in [4.69, 9.17) is 37.9 Å². The van der Waals surface area contributed by atoms with Gasteiger partial charge in [-0.1, -0.05) is 19.1 Å². The van der Waals surface area contributed by atoms with Crippen LogP contribution in [0.5, 0.6) is 23.0 Å². The number of benzene rings is 2. The largest absolute Gasteiger partial charge is 0.504 e. The van der Waals surface area contributed by atoms with Gasteiger partial charge in [0.15, 0.2) is 41.9 Å². The predicted molar refractivity (Wildman–Crippen MR) is 182 cm³/mol. The van der Waals surface area contributed by atoms with E-state index < -0.39 is 98.4 Å². The van der Waals surface area contributed by atoms with Crippen LogP contribution in [0.2, 0.25) is 0 Å². The Hall–Kier alpha value is -3.63. The molecule has 18 nitrogen and oxygen atoms in total. The van der Waals surface area contributed by atoms with Gasteiger partial charge in [-0.05, 0) is 54.8 Å². The van der Waals surface area contributed by atoms with Crippen molar-refractivity contribution in [1.82, 2.24) is 0 Å². The first-order chi connectivity index (χ1) is 25.6. The molecule has 0 radical (unpaired) electrons. The number of esters is 1. The highest BCUT2D eigenvalue weighted by atomic mass is 16.8. The average Bonchev–Trinajstić information content (AvgIpc) is 3.44. The molecule has 5 rings (SSSR count). The van der Waals surface area contributed by atoms with Gasteiger partial charge in [-0.25, -0.2) is 4.79 Å². The predicted octanol–water partition coefficient (Wildman–Crippen LogP) is -0.973. The summed E-state index contributed by atoms with van der Waals surface area (Å²) < 4.78 is 46.2. The summed E-state index contributed by atoms with van der Waals surface area (Å²) >= 11 is 0. The molecule has 9 N–H and O–H groups in total. The van der Waals surface area contributed by atoms with E-state index in [0.29, 0.717) is 11.1 Å². The number of aliphatic hydroxyl groups is 6. The number of carbonyl (C=O) groups excluding carboxylic acids is 1. The number of aromatic hydroxyl groups is 3. The van der Waals surface area contributed by atoms with E-state index in [1.54, 1.807) is 13.0 Å². The molecule has 3 saturated heterocycles. The summed E-state index contributed by atoms with van der Waals surface area (Å²) in [5.41, 5.74) is -0.0654. The van der Waals surface area contributed by atoms with E-state index in [1.165, 1.54) is 50.4 Å². The number of hydrogen-bond donors (Lipinski definition) is 9. The van der Waals surface area contributed by atoms with Crippen LogP contribution < -0.4 is 4.74 Å². The number of phenols is 3. The summed E-state index contributed by atoms with van der Waals surface area (Å²) in [6.45, 7) is 1.75. The van der Waals surface area contributed by atoms with Gasteiger partial charge >= 0.3 is 5.97 Å². The summed E-state index contributed by atoms with van der Waals surface area (Å²) in [6.07, 6.45) is -15.4. The molecule has 2 aromatic carbocycles. The molecule has 2 aromatic rings. The van der Waals surface area contributed by atoms with Crippen LogP contribution >= 0.6 is 0 Å². The van der Waals surface area contributed by atoms with E-state index in [2.05, 4.69) is 0 Å². The van der Waals surface area contributed by atoms with Gasteiger partial charge in [0.1, 0.15) is 55.4 Å². The Balaban J connectivity index is 1.40. The molecular formula is C36H48O18. The molecule has 0 spiro atoms. The molecule has 0 aromatic heterocycles. The first kappa shape index (κ1) is 41.5. The van der Waals surface area contributed by atoms with Crippen LogP contribution in [0.15, 0.2) is 42.5 Å². The molecule has 54 heavy (non-hydrogen) atoms. The van der Waals surface area contributed by atoms with E-state index in [9.17, 15) is 50.8 Å². The lowest BCUT2D eigenvalue weighted by Crippen LogP contribution is -2.65. The van der Waals surface area contributed by atoms with Gasteiger partial charge in [-0.2, -0.15) is 0 Å². The Morgan fingerprint density at radius 1 is 0.870 bits per heavy atom. The second-order valence-corrected chi connectivity index (χ2v) is 13.7. The SMILES string of the molecule is COc1cc(/C=C/C(=O)OC[C@H]2O[C@@H](OCCc3ccc(O)c(O)c3)[C@H](O[C@@H]3OC[C@](C)(CO)[C@@H]3O)[C@@H](O[C@@H]3O[C@@H](C)[C@H](O)[C@@H](O)[C@H]3O)[C@@H]2O)ccc1O. The third kappa shape index (κ3) is 9.41. The fraction of sp³-hybridized carbons (Fsp3) is 0.583. The second-order valence-electron chi connectivity index (χ2n) is 13.7. The summed E-state index contributed by atoms with van der Waals surface area (Å²) in [5.74, 6) is -1.44. The smallest absolute Gasteiger partial charge is 0.330 e. The first-order valence-electron chi connectivity index (χ1n) is 17.2. The monoisotopic (exact) mass is 768 g/mol. The Morgan fingerprint density at radius 3 is 2.28 bits per heavy atom. The topological polar surface area (TPSA) is 273 Å². The van der Waals surface area contributed by atoms with Gasteiger partial charge in [-0.15, -0.1) is 0 Å². The normalized spacial score (nSPS) is 35.6. The van der Waals surface area contributed by atoms with E-state index in [0.717, 1.165) is 6.08 Å². The zero-order valence-electron chi connectivity index (χ0n) is 29.8. The summed E-state index contributed by atoms with van der Waals surface area (Å²) in [4.78, 5) is 12.8. The van der Waals surface area contributed by atoms with E-state index in [1.807, 2.05) is 0 Å². The quantitative estimate of drug-likeness (QED) is 0.0635. The highest BCUT2D eigenvalue weighted by molar-refractivity contribution is 5.87. The minimum absolute atomic E-state index is 0.0968. The molecule has 0 unspecified atom stereocenters. The lowest BCUT2D eigenvalue weighted by molar-refractivity contribution is -0.375. The first-order valence-corrected chi connectivity index (χ1v) is 17.2. The summed E-state index contributed by atoms with van der Waals surface area (Å²) in [7, 11) is 1.37. The highest BCUT2D eigenvalue weighted by Gasteiger charge is 2.55. The van der Waals surface area contributed by atoms with Crippen molar-refractivity contribution < 1.29 is 88.6 Å². The minimum Gasteiger partial charge on any atom is -0.504 e. The molecule has 0 saturated carbocycles. The van der Waals surface area contributed by atoms with Crippen molar-refractivity contribution in [3.8, 4) is 23.0 Å². The maximum absolute atomic E-state index is 12.8. The Kier molecular flexibility index (Phi) is 13.8. The third-order valence-corrected chi connectivity index (χ3v) is 9.64. The number of ether oxygens (including phenoxy) is 8. The molecule has 13 atom stereocenters. The number of hydrogen-bond acceptors (Lipinski definition) is 18. The van der Waals surface area contributed by atoms with Crippen molar-refractivity contribution in [2.75, 3.05) is 33.5 Å². The lowest BCUT2D eigenvalue weighted by atomic mass is 9.88. The fourth-order valence-electron chi connectivity index (χ4n) is 6.12. The molecule has 3 fully saturated rings. The van der Waals surface area contributed by atoms with Crippen LogP contribution in [0, 0.1) is 5.41 Å². The molecule has 3 aliphatic rings. The Morgan fingerprint density at radius 2 is 1.59 bits per heavy atom. The molecule has 0 amide bonds. The van der Waals surface area contributed by atoms with E-state index in [-0.39, 0.29) is 42.6 Å². The molecule has 3 heterocycles. The maximum Gasteiger partial charge on any atom is 0.330 e. The number of carbonyl (C=O) groups is 1. The van der Waals surface area contributed by atoms with Gasteiger partial charge in [0.2, 0.25) is 0 Å². The van der Waals surface area contributed by atoms with Crippen LogP contribution in [-0.4, -0.2) is 159 Å². The Labute approximate surface area is 310 Å². The van der Waals surface area contributed by atoms with Crippen molar-refractivity contribution in [3.05, 3.63) is 53.6 Å². The zero-order valence-corrected chi connectivity index (χ0v) is 29.8. The van der Waals surface area contributed by atoms with Crippen LogP contribution in [0.4, 0.5) is 0 Å². The second kappa shape index (κ2) is 17.9. The van der Waals surface area contributed by atoms with Crippen molar-refractivity contribution in [1.29, 1.82) is 0 Å². The van der Waals surface area contributed by atoms with Gasteiger partial charge in [0.05, 0.1) is 33.0 Å². The maximum atomic E-state index is 12.8. The van der Waals surface area contributed by atoms with Crippen molar-refractivity contribution in [2.24, 2.45) is 5.41 Å². The number of rotatable bonds is 14.